The highest BCUT2D eigenvalue weighted by atomic mass is 16.1. The van der Waals surface area contributed by atoms with Crippen molar-refractivity contribution >= 4 is 5.91 Å². The molecule has 4 nitrogen and oxygen atoms in total. The fourth-order valence-corrected chi connectivity index (χ4v) is 2.53. The molecule has 0 saturated carbocycles. The Morgan fingerprint density at radius 1 is 1.22 bits per heavy atom. The van der Waals surface area contributed by atoms with Crippen LogP contribution in [0.4, 0.5) is 0 Å². The normalized spacial score (nSPS) is 17.9. The molecule has 1 aliphatic heterocycles. The predicted molar refractivity (Wildman–Crippen MR) is 75.4 cm³/mol. The van der Waals surface area contributed by atoms with Crippen LogP contribution < -0.4 is 11.1 Å². The summed E-state index contributed by atoms with van der Waals surface area (Å²) in [4.78, 5) is 14.1. The van der Waals surface area contributed by atoms with Crippen molar-refractivity contribution in [1.82, 2.24) is 10.2 Å². The molecule has 4 heteroatoms. The molecule has 1 aliphatic rings. The third-order valence-electron chi connectivity index (χ3n) is 3.50. The van der Waals surface area contributed by atoms with Crippen molar-refractivity contribution in [3.8, 4) is 0 Å². The highest BCUT2D eigenvalue weighted by molar-refractivity contribution is 5.76. The Hall–Kier alpha value is -0.610. The van der Waals surface area contributed by atoms with Crippen molar-refractivity contribution in [2.45, 2.75) is 57.9 Å². The largest absolute Gasteiger partial charge is 0.352 e. The topological polar surface area (TPSA) is 58.4 Å². The first-order valence-corrected chi connectivity index (χ1v) is 7.44. The van der Waals surface area contributed by atoms with E-state index in [1.807, 2.05) is 0 Å². The van der Waals surface area contributed by atoms with Gasteiger partial charge in [-0.2, -0.15) is 0 Å². The second kappa shape index (κ2) is 9.34. The molecule has 1 heterocycles. The van der Waals surface area contributed by atoms with Crippen LogP contribution in [0.15, 0.2) is 0 Å². The zero-order chi connectivity index (χ0) is 13.2. The van der Waals surface area contributed by atoms with Gasteiger partial charge in [0.25, 0.3) is 0 Å². The summed E-state index contributed by atoms with van der Waals surface area (Å²) < 4.78 is 0. The van der Waals surface area contributed by atoms with Crippen LogP contribution in [0.25, 0.3) is 0 Å². The van der Waals surface area contributed by atoms with Gasteiger partial charge in [-0.3, -0.25) is 4.79 Å². The lowest BCUT2D eigenvalue weighted by Crippen LogP contribution is -2.40. The maximum atomic E-state index is 11.7. The molecule has 1 saturated heterocycles. The van der Waals surface area contributed by atoms with Crippen molar-refractivity contribution in [2.24, 2.45) is 5.73 Å². The summed E-state index contributed by atoms with van der Waals surface area (Å²) in [5.41, 5.74) is 5.43. The minimum Gasteiger partial charge on any atom is -0.352 e. The molecular formula is C14H29N3O. The fourth-order valence-electron chi connectivity index (χ4n) is 2.53. The van der Waals surface area contributed by atoms with E-state index in [0.717, 1.165) is 38.8 Å². The van der Waals surface area contributed by atoms with Gasteiger partial charge in [0.15, 0.2) is 0 Å². The lowest BCUT2D eigenvalue weighted by atomic mass is 10.1. The van der Waals surface area contributed by atoms with Crippen LogP contribution in [0.3, 0.4) is 0 Å². The SMILES string of the molecule is CC(CN1CCCC1)NC(=O)CCCCCCN. The van der Waals surface area contributed by atoms with Gasteiger partial charge in [-0.25, -0.2) is 0 Å². The van der Waals surface area contributed by atoms with Gasteiger partial charge in [0.2, 0.25) is 5.91 Å². The van der Waals surface area contributed by atoms with E-state index in [1.54, 1.807) is 0 Å². The minimum atomic E-state index is 0.203. The number of hydrogen-bond acceptors (Lipinski definition) is 3. The lowest BCUT2D eigenvalue weighted by molar-refractivity contribution is -0.121. The number of rotatable bonds is 9. The highest BCUT2D eigenvalue weighted by Gasteiger charge is 2.15. The van der Waals surface area contributed by atoms with E-state index in [0.29, 0.717) is 6.42 Å². The number of carbonyl (C=O) groups is 1. The molecule has 18 heavy (non-hydrogen) atoms. The second-order valence-corrected chi connectivity index (χ2v) is 5.43. The molecule has 1 amide bonds. The van der Waals surface area contributed by atoms with Crippen LogP contribution in [-0.2, 0) is 4.79 Å². The molecule has 1 atom stereocenters. The third kappa shape index (κ3) is 6.97. The molecular weight excluding hydrogens is 226 g/mol. The van der Waals surface area contributed by atoms with Gasteiger partial charge in [-0.15, -0.1) is 0 Å². The van der Waals surface area contributed by atoms with Crippen molar-refractivity contribution in [3.05, 3.63) is 0 Å². The number of nitrogens with two attached hydrogens (primary N) is 1. The van der Waals surface area contributed by atoms with E-state index in [2.05, 4.69) is 17.1 Å². The fraction of sp³-hybridized carbons (Fsp3) is 0.929. The number of unbranched alkanes of at least 4 members (excludes halogenated alkanes) is 3. The van der Waals surface area contributed by atoms with Crippen LogP contribution in [0.5, 0.6) is 0 Å². The first kappa shape index (κ1) is 15.4. The molecule has 106 valence electrons. The smallest absolute Gasteiger partial charge is 0.220 e. The molecule has 0 aromatic rings. The molecule has 1 fully saturated rings. The maximum absolute atomic E-state index is 11.7. The maximum Gasteiger partial charge on any atom is 0.220 e. The van der Waals surface area contributed by atoms with Gasteiger partial charge in [-0.05, 0) is 52.2 Å². The summed E-state index contributed by atoms with van der Waals surface area (Å²) in [6, 6.07) is 0.277. The molecule has 0 aliphatic carbocycles. The molecule has 0 spiro atoms. The zero-order valence-electron chi connectivity index (χ0n) is 11.8. The third-order valence-corrected chi connectivity index (χ3v) is 3.50. The van der Waals surface area contributed by atoms with Gasteiger partial charge < -0.3 is 16.0 Å². The highest BCUT2D eigenvalue weighted by Crippen LogP contribution is 2.08. The van der Waals surface area contributed by atoms with Gasteiger partial charge in [0.1, 0.15) is 0 Å². The van der Waals surface area contributed by atoms with Crippen molar-refractivity contribution < 1.29 is 4.79 Å². The van der Waals surface area contributed by atoms with Crippen LogP contribution >= 0.6 is 0 Å². The number of nitrogens with zero attached hydrogens (tertiary/aromatic N) is 1. The van der Waals surface area contributed by atoms with Crippen LogP contribution in [-0.4, -0.2) is 43.0 Å². The van der Waals surface area contributed by atoms with Crippen LogP contribution in [0.1, 0.15) is 51.9 Å². The summed E-state index contributed by atoms with van der Waals surface area (Å²) in [6.45, 7) is 6.25. The number of hydrogen-bond donors (Lipinski definition) is 2. The monoisotopic (exact) mass is 255 g/mol. The molecule has 0 bridgehead atoms. The summed E-state index contributed by atoms with van der Waals surface area (Å²) >= 11 is 0. The van der Waals surface area contributed by atoms with Crippen LogP contribution in [0.2, 0.25) is 0 Å². The Morgan fingerprint density at radius 2 is 1.89 bits per heavy atom. The minimum absolute atomic E-state index is 0.203. The average Bonchev–Trinajstić information content (AvgIpc) is 2.81. The molecule has 1 unspecified atom stereocenters. The number of nitrogens with one attached hydrogen (secondary N) is 1. The Bertz CT molecular complexity index is 227. The number of carbonyl (C=O) groups excluding carboxylic acids is 1. The summed E-state index contributed by atoms with van der Waals surface area (Å²) in [5, 5.41) is 3.09. The van der Waals surface area contributed by atoms with E-state index in [9.17, 15) is 4.79 Å². The van der Waals surface area contributed by atoms with E-state index in [4.69, 9.17) is 5.73 Å². The molecule has 0 aromatic carbocycles. The first-order chi connectivity index (χ1) is 8.72. The van der Waals surface area contributed by atoms with E-state index < -0.39 is 0 Å². The Balaban J connectivity index is 2.00. The zero-order valence-corrected chi connectivity index (χ0v) is 11.8. The first-order valence-electron chi connectivity index (χ1n) is 7.44. The van der Waals surface area contributed by atoms with Crippen molar-refractivity contribution in [2.75, 3.05) is 26.2 Å². The van der Waals surface area contributed by atoms with Gasteiger partial charge in [-0.1, -0.05) is 12.8 Å². The molecule has 0 radical (unpaired) electrons. The Labute approximate surface area is 111 Å². The predicted octanol–water partition coefficient (Wildman–Crippen LogP) is 1.50. The van der Waals surface area contributed by atoms with Gasteiger partial charge in [0, 0.05) is 19.0 Å². The Morgan fingerprint density at radius 3 is 2.56 bits per heavy atom. The summed E-state index contributed by atoms with van der Waals surface area (Å²) in [5.74, 6) is 0.203. The van der Waals surface area contributed by atoms with E-state index in [-0.39, 0.29) is 11.9 Å². The van der Waals surface area contributed by atoms with Crippen molar-refractivity contribution in [1.29, 1.82) is 0 Å². The standard InChI is InChI=1S/C14H29N3O/c1-13(12-17-10-6-7-11-17)16-14(18)8-4-2-3-5-9-15/h13H,2-12,15H2,1H3,(H,16,18). The van der Waals surface area contributed by atoms with Gasteiger partial charge >= 0.3 is 0 Å². The Kier molecular flexibility index (Phi) is 8.01. The van der Waals surface area contributed by atoms with E-state index >= 15 is 0 Å². The van der Waals surface area contributed by atoms with E-state index in [1.165, 1.54) is 25.9 Å². The number of likely N-dealkylation sites (tertiary alicyclic amines) is 1. The summed E-state index contributed by atoms with van der Waals surface area (Å²) in [6.07, 6.45) is 7.60. The molecule has 1 rings (SSSR count). The molecule has 3 N–H and O–H groups in total. The average molecular weight is 255 g/mol. The lowest BCUT2D eigenvalue weighted by Gasteiger charge is -2.21. The molecule has 0 aromatic heterocycles. The summed E-state index contributed by atoms with van der Waals surface area (Å²) in [7, 11) is 0. The van der Waals surface area contributed by atoms with Gasteiger partial charge in [0.05, 0.1) is 0 Å². The second-order valence-electron chi connectivity index (χ2n) is 5.43. The van der Waals surface area contributed by atoms with Crippen LogP contribution in [0, 0.1) is 0 Å². The van der Waals surface area contributed by atoms with Crippen molar-refractivity contribution in [3.63, 3.8) is 0 Å². The quantitative estimate of drug-likeness (QED) is 0.614. The number of amides is 1.